The number of urea groups is 1. The van der Waals surface area contributed by atoms with Crippen molar-refractivity contribution in [3.63, 3.8) is 0 Å². The summed E-state index contributed by atoms with van der Waals surface area (Å²) in [5, 5.41) is 9.15. The number of fused-ring (bicyclic) bond motifs is 1. The van der Waals surface area contributed by atoms with Gasteiger partial charge in [0.25, 0.3) is 5.91 Å². The second-order valence-electron chi connectivity index (χ2n) is 11.9. The summed E-state index contributed by atoms with van der Waals surface area (Å²) in [6.07, 6.45) is 1.94. The first-order valence-corrected chi connectivity index (χ1v) is 17.3. The molecular weight excluding hydrogens is 635 g/mol. The molecule has 0 radical (unpaired) electrons. The topological polar surface area (TPSA) is 189 Å². The number of likely N-dealkylation sites (tertiary alicyclic amines) is 1. The number of para-hydroxylation sites is 2. The Balaban J connectivity index is 1.16. The Morgan fingerprint density at radius 3 is 2.52 bits per heavy atom. The van der Waals surface area contributed by atoms with Gasteiger partial charge in [0.1, 0.15) is 29.4 Å². The third-order valence-corrected chi connectivity index (χ3v) is 11.4. The van der Waals surface area contributed by atoms with Gasteiger partial charge in [0.2, 0.25) is 27.7 Å². The highest BCUT2D eigenvalue weighted by molar-refractivity contribution is 7.91. The number of rotatable bonds is 10. The van der Waals surface area contributed by atoms with Crippen molar-refractivity contribution in [2.75, 3.05) is 13.1 Å². The Bertz CT molecular complexity index is 1860. The number of aromatic nitrogens is 2. The molecule has 5 atom stereocenters. The molecule has 0 bridgehead atoms. The number of carbonyl (C=O) groups excluding carboxylic acids is 4. The zero-order chi connectivity index (χ0) is 32.2. The summed E-state index contributed by atoms with van der Waals surface area (Å²) >= 11 is 1.47. The first-order valence-electron chi connectivity index (χ1n) is 14.9. The van der Waals surface area contributed by atoms with Gasteiger partial charge in [0.15, 0.2) is 0 Å². The van der Waals surface area contributed by atoms with Gasteiger partial charge in [-0.1, -0.05) is 24.3 Å². The number of nitrogens with one attached hydrogen (secondary N) is 4. The molecule has 3 aromatic rings. The Labute approximate surface area is 268 Å². The molecule has 0 spiro atoms. The van der Waals surface area contributed by atoms with E-state index in [-0.39, 0.29) is 31.8 Å². The summed E-state index contributed by atoms with van der Waals surface area (Å²) in [6, 6.07) is 8.63. The Morgan fingerprint density at radius 1 is 1.13 bits per heavy atom. The maximum Gasteiger partial charge on any atom is 0.315 e. The standard InChI is InChI=1S/C30H31N7O7S2/c1-2-16-13-30(16,28(40)36-46(42,43)18-9-10-18)35-25(38)22-12-17(15-37(22)27(39)21-14-31-29(41)34-21)44-26-24(23-8-5-11-45-23)32-19-6-3-4-7-20(19)33-26/h2-8,11,16-18,21-22H,1,9-10,12-15H2,(H,35,38)(H,36,40)(H2,31,34,41)/t16-,17-,21+,22+,30-/m1/s1. The minimum Gasteiger partial charge on any atom is -0.471 e. The number of thiophene rings is 1. The molecule has 4 N–H and O–H groups in total. The number of hydrogen-bond donors (Lipinski definition) is 4. The van der Waals surface area contributed by atoms with E-state index in [2.05, 4.69) is 27.3 Å². The van der Waals surface area contributed by atoms with Crippen molar-refractivity contribution in [3.8, 4) is 16.5 Å². The van der Waals surface area contributed by atoms with Crippen LogP contribution in [0.5, 0.6) is 5.88 Å². The molecule has 4 fully saturated rings. The minimum atomic E-state index is -3.87. The van der Waals surface area contributed by atoms with Crippen molar-refractivity contribution in [2.45, 2.75) is 54.7 Å². The van der Waals surface area contributed by atoms with E-state index in [1.807, 2.05) is 41.8 Å². The van der Waals surface area contributed by atoms with Gasteiger partial charge in [-0.15, -0.1) is 17.9 Å². The maximum atomic E-state index is 13.9. The zero-order valence-corrected chi connectivity index (χ0v) is 26.1. The van der Waals surface area contributed by atoms with Gasteiger partial charge in [-0.3, -0.25) is 19.1 Å². The summed E-state index contributed by atoms with van der Waals surface area (Å²) in [7, 11) is -3.87. The van der Waals surface area contributed by atoms with E-state index in [4.69, 9.17) is 14.7 Å². The number of benzene rings is 1. The van der Waals surface area contributed by atoms with Crippen LogP contribution < -0.4 is 25.4 Å². The van der Waals surface area contributed by atoms with Crippen LogP contribution in [0.25, 0.3) is 21.6 Å². The average Bonchev–Trinajstić information content (AvgIpc) is 3.82. The first kappa shape index (κ1) is 30.1. The largest absolute Gasteiger partial charge is 0.471 e. The van der Waals surface area contributed by atoms with Crippen LogP contribution in [-0.2, 0) is 24.4 Å². The van der Waals surface area contributed by atoms with Gasteiger partial charge in [-0.25, -0.2) is 23.2 Å². The van der Waals surface area contributed by atoms with Crippen LogP contribution >= 0.6 is 11.3 Å². The van der Waals surface area contributed by atoms with Gasteiger partial charge in [0, 0.05) is 18.9 Å². The minimum absolute atomic E-state index is 0.0121. The zero-order valence-electron chi connectivity index (χ0n) is 24.5. The number of amides is 5. The molecule has 240 valence electrons. The lowest BCUT2D eigenvalue weighted by Gasteiger charge is -2.28. The van der Waals surface area contributed by atoms with E-state index in [0.29, 0.717) is 29.6 Å². The molecule has 2 saturated heterocycles. The summed E-state index contributed by atoms with van der Waals surface area (Å²) < 4.78 is 33.6. The first-order chi connectivity index (χ1) is 22.1. The van der Waals surface area contributed by atoms with Crippen molar-refractivity contribution in [1.29, 1.82) is 0 Å². The SMILES string of the molecule is C=C[C@@H]1C[C@]1(NC(=O)[C@@H]1C[C@@H](Oc2nc3ccccc3nc2-c2cccs2)CN1C(=O)[C@@H]1CNC(=O)N1)C(=O)NS(=O)(=O)C1CC1. The van der Waals surface area contributed by atoms with Gasteiger partial charge >= 0.3 is 6.03 Å². The average molecular weight is 666 g/mol. The lowest BCUT2D eigenvalue weighted by Crippen LogP contribution is -2.58. The highest BCUT2D eigenvalue weighted by Crippen LogP contribution is 2.45. The van der Waals surface area contributed by atoms with Crippen LogP contribution in [0.2, 0.25) is 0 Å². The molecule has 46 heavy (non-hydrogen) atoms. The smallest absolute Gasteiger partial charge is 0.315 e. The predicted octanol–water partition coefficient (Wildman–Crippen LogP) is 1.06. The molecule has 14 nitrogen and oxygen atoms in total. The van der Waals surface area contributed by atoms with E-state index < -0.39 is 68.7 Å². The van der Waals surface area contributed by atoms with E-state index in [0.717, 1.165) is 4.88 Å². The number of carbonyl (C=O) groups is 4. The molecule has 2 aliphatic carbocycles. The molecule has 0 unspecified atom stereocenters. The predicted molar refractivity (Wildman–Crippen MR) is 167 cm³/mol. The molecular formula is C30H31N7O7S2. The fourth-order valence-electron chi connectivity index (χ4n) is 6.00. The molecule has 2 aromatic heterocycles. The monoisotopic (exact) mass is 665 g/mol. The molecule has 2 saturated carbocycles. The number of sulfonamides is 1. The van der Waals surface area contributed by atoms with Crippen LogP contribution in [0, 0.1) is 5.92 Å². The van der Waals surface area contributed by atoms with Crippen molar-refractivity contribution in [1.82, 2.24) is 35.5 Å². The van der Waals surface area contributed by atoms with Gasteiger partial charge < -0.3 is 25.6 Å². The van der Waals surface area contributed by atoms with Gasteiger partial charge in [-0.2, -0.15) is 0 Å². The van der Waals surface area contributed by atoms with Crippen LogP contribution in [0.3, 0.4) is 0 Å². The van der Waals surface area contributed by atoms with E-state index in [1.165, 1.54) is 22.3 Å². The van der Waals surface area contributed by atoms with Crippen molar-refractivity contribution in [2.24, 2.45) is 5.92 Å². The van der Waals surface area contributed by atoms with E-state index in [9.17, 15) is 27.6 Å². The molecule has 4 heterocycles. The highest BCUT2D eigenvalue weighted by atomic mass is 32.2. The van der Waals surface area contributed by atoms with Crippen molar-refractivity contribution < 1.29 is 32.3 Å². The van der Waals surface area contributed by atoms with Crippen LogP contribution in [-0.4, -0.2) is 89.1 Å². The lowest BCUT2D eigenvalue weighted by molar-refractivity contribution is -0.140. The number of nitrogens with zero attached hydrogens (tertiary/aromatic N) is 3. The summed E-state index contributed by atoms with van der Waals surface area (Å²) in [5.41, 5.74) is 0.284. The Kier molecular flexibility index (Phi) is 7.43. The maximum absolute atomic E-state index is 13.9. The summed E-state index contributed by atoms with van der Waals surface area (Å²) in [6.45, 7) is 3.76. The second kappa shape index (κ2) is 11.3. The highest BCUT2D eigenvalue weighted by Gasteiger charge is 2.62. The van der Waals surface area contributed by atoms with Crippen LogP contribution in [0.15, 0.2) is 54.4 Å². The fraction of sp³-hybridized carbons (Fsp3) is 0.400. The Morgan fingerprint density at radius 2 is 1.89 bits per heavy atom. The molecule has 5 amide bonds. The molecule has 4 aliphatic rings. The third kappa shape index (κ3) is 5.55. The van der Waals surface area contributed by atoms with E-state index >= 15 is 0 Å². The molecule has 16 heteroatoms. The van der Waals surface area contributed by atoms with Gasteiger partial charge in [-0.05, 0) is 42.8 Å². The normalized spacial score (nSPS) is 27.0. The quantitative estimate of drug-likeness (QED) is 0.230. The third-order valence-electron chi connectivity index (χ3n) is 8.74. The van der Waals surface area contributed by atoms with Crippen molar-refractivity contribution >= 4 is 56.1 Å². The second-order valence-corrected chi connectivity index (χ2v) is 14.8. The van der Waals surface area contributed by atoms with E-state index in [1.54, 1.807) is 0 Å². The Hall–Kier alpha value is -4.57. The lowest BCUT2D eigenvalue weighted by atomic mass is 10.1. The summed E-state index contributed by atoms with van der Waals surface area (Å²) in [4.78, 5) is 64.4. The summed E-state index contributed by atoms with van der Waals surface area (Å²) in [5.74, 6) is -2.24. The molecule has 7 rings (SSSR count). The van der Waals surface area contributed by atoms with Crippen LogP contribution in [0.1, 0.15) is 25.7 Å². The van der Waals surface area contributed by atoms with Crippen LogP contribution in [0.4, 0.5) is 4.79 Å². The van der Waals surface area contributed by atoms with Gasteiger partial charge in [0.05, 0.1) is 27.7 Å². The van der Waals surface area contributed by atoms with Crippen molar-refractivity contribution in [3.05, 3.63) is 54.4 Å². The number of hydrogen-bond acceptors (Lipinski definition) is 10. The molecule has 2 aliphatic heterocycles. The number of ether oxygens (including phenoxy) is 1. The fourth-order valence-corrected chi connectivity index (χ4v) is 8.07. The molecule has 1 aromatic carbocycles.